The molecule has 0 saturated carbocycles. The van der Waals surface area contributed by atoms with Crippen LogP contribution in [0.3, 0.4) is 0 Å². The minimum absolute atomic E-state index is 0.622. The lowest BCUT2D eigenvalue weighted by Crippen LogP contribution is -2.08. The van der Waals surface area contributed by atoms with Gasteiger partial charge >= 0.3 is 0 Å². The van der Waals surface area contributed by atoms with Crippen molar-refractivity contribution in [1.29, 1.82) is 0 Å². The van der Waals surface area contributed by atoms with Crippen LogP contribution in [0.2, 0.25) is 0 Å². The van der Waals surface area contributed by atoms with E-state index < -0.39 is 0 Å². The number of para-hydroxylation sites is 1. The Bertz CT molecular complexity index is 273. The Kier molecular flexibility index (Phi) is 4.47. The molecule has 1 unspecified atom stereocenters. The molecule has 0 spiro atoms. The van der Waals surface area contributed by atoms with E-state index in [9.17, 15) is 0 Å². The lowest BCUT2D eigenvalue weighted by atomic mass is 9.97. The molecule has 0 aliphatic rings. The highest BCUT2D eigenvalue weighted by molar-refractivity contribution is 5.33. The van der Waals surface area contributed by atoms with E-state index in [4.69, 9.17) is 10.5 Å². The molecule has 2 heteroatoms. The zero-order valence-electron chi connectivity index (χ0n) is 8.99. The van der Waals surface area contributed by atoms with E-state index >= 15 is 0 Å². The molecular formula is C12H19NO. The number of benzene rings is 1. The van der Waals surface area contributed by atoms with Gasteiger partial charge in [-0.25, -0.2) is 0 Å². The molecule has 14 heavy (non-hydrogen) atoms. The van der Waals surface area contributed by atoms with Crippen molar-refractivity contribution in [3.63, 3.8) is 0 Å². The summed E-state index contributed by atoms with van der Waals surface area (Å²) < 4.78 is 5.29. The lowest BCUT2D eigenvalue weighted by Gasteiger charge is -2.12. The fraction of sp³-hybridized carbons (Fsp3) is 0.500. The Morgan fingerprint density at radius 1 is 1.36 bits per heavy atom. The van der Waals surface area contributed by atoms with Crippen LogP contribution in [0.15, 0.2) is 24.3 Å². The number of ether oxygens (including phenoxy) is 1. The van der Waals surface area contributed by atoms with Gasteiger partial charge < -0.3 is 10.5 Å². The van der Waals surface area contributed by atoms with E-state index in [0.717, 1.165) is 25.1 Å². The van der Waals surface area contributed by atoms with Crippen molar-refractivity contribution in [2.24, 2.45) is 11.7 Å². The highest BCUT2D eigenvalue weighted by Gasteiger charge is 2.06. The molecule has 0 aliphatic carbocycles. The summed E-state index contributed by atoms with van der Waals surface area (Å²) in [5.74, 6) is 1.60. The minimum atomic E-state index is 0.622. The Labute approximate surface area is 86.1 Å². The zero-order chi connectivity index (χ0) is 10.4. The number of nitrogens with two attached hydrogens (primary N) is 1. The van der Waals surface area contributed by atoms with E-state index in [0.29, 0.717) is 5.92 Å². The van der Waals surface area contributed by atoms with Crippen LogP contribution < -0.4 is 10.5 Å². The van der Waals surface area contributed by atoms with Gasteiger partial charge in [0, 0.05) is 0 Å². The predicted octanol–water partition coefficient (Wildman–Crippen LogP) is 2.22. The molecule has 0 amide bonds. The van der Waals surface area contributed by atoms with Crippen LogP contribution in [0.5, 0.6) is 5.75 Å². The highest BCUT2D eigenvalue weighted by Crippen LogP contribution is 2.21. The van der Waals surface area contributed by atoms with Crippen molar-refractivity contribution in [3.05, 3.63) is 29.8 Å². The van der Waals surface area contributed by atoms with Gasteiger partial charge in [-0.3, -0.25) is 0 Å². The van der Waals surface area contributed by atoms with Crippen molar-refractivity contribution in [3.8, 4) is 5.75 Å². The SMILES string of the molecule is COc1ccccc1CC(C)CCN. The molecule has 78 valence electrons. The van der Waals surface area contributed by atoms with E-state index in [1.165, 1.54) is 5.56 Å². The Hall–Kier alpha value is -1.02. The second-order valence-corrected chi connectivity index (χ2v) is 3.70. The van der Waals surface area contributed by atoms with Crippen LogP contribution >= 0.6 is 0 Å². The monoisotopic (exact) mass is 193 g/mol. The van der Waals surface area contributed by atoms with Crippen LogP contribution in [0, 0.1) is 5.92 Å². The van der Waals surface area contributed by atoms with Crippen LogP contribution in [0.25, 0.3) is 0 Å². The van der Waals surface area contributed by atoms with E-state index in [2.05, 4.69) is 13.0 Å². The van der Waals surface area contributed by atoms with Crippen LogP contribution in [-0.2, 0) is 6.42 Å². The van der Waals surface area contributed by atoms with Crippen LogP contribution in [0.4, 0.5) is 0 Å². The summed E-state index contributed by atoms with van der Waals surface area (Å²) in [5, 5.41) is 0. The summed E-state index contributed by atoms with van der Waals surface area (Å²) in [5.41, 5.74) is 6.80. The first-order valence-electron chi connectivity index (χ1n) is 5.10. The number of hydrogen-bond donors (Lipinski definition) is 1. The summed E-state index contributed by atoms with van der Waals surface area (Å²) in [4.78, 5) is 0. The third-order valence-electron chi connectivity index (χ3n) is 2.42. The summed E-state index contributed by atoms with van der Waals surface area (Å²) in [7, 11) is 1.71. The van der Waals surface area contributed by atoms with Gasteiger partial charge in [-0.1, -0.05) is 25.1 Å². The smallest absolute Gasteiger partial charge is 0.122 e. The molecule has 1 atom stereocenters. The molecule has 0 aliphatic heterocycles. The molecule has 0 fully saturated rings. The van der Waals surface area contributed by atoms with Crippen LogP contribution in [0.1, 0.15) is 18.9 Å². The molecule has 2 nitrogen and oxygen atoms in total. The average Bonchev–Trinajstić information content (AvgIpc) is 2.19. The Morgan fingerprint density at radius 3 is 2.71 bits per heavy atom. The topological polar surface area (TPSA) is 35.2 Å². The van der Waals surface area contributed by atoms with Crippen molar-refractivity contribution in [1.82, 2.24) is 0 Å². The Balaban J connectivity index is 2.65. The molecule has 0 aromatic heterocycles. The number of rotatable bonds is 5. The fourth-order valence-electron chi connectivity index (χ4n) is 1.63. The van der Waals surface area contributed by atoms with Gasteiger partial charge in [0.1, 0.15) is 5.75 Å². The molecule has 1 aromatic rings. The first-order valence-corrected chi connectivity index (χ1v) is 5.10. The molecular weight excluding hydrogens is 174 g/mol. The summed E-state index contributed by atoms with van der Waals surface area (Å²) >= 11 is 0. The quantitative estimate of drug-likeness (QED) is 0.778. The van der Waals surface area contributed by atoms with E-state index in [1.807, 2.05) is 18.2 Å². The van der Waals surface area contributed by atoms with E-state index in [-0.39, 0.29) is 0 Å². The number of methoxy groups -OCH3 is 1. The first-order chi connectivity index (χ1) is 6.77. The maximum Gasteiger partial charge on any atom is 0.122 e. The van der Waals surface area contributed by atoms with Crippen LogP contribution in [-0.4, -0.2) is 13.7 Å². The third-order valence-corrected chi connectivity index (χ3v) is 2.42. The van der Waals surface area contributed by atoms with Gasteiger partial charge in [0.25, 0.3) is 0 Å². The van der Waals surface area contributed by atoms with Gasteiger partial charge in [-0.05, 0) is 36.9 Å². The predicted molar refractivity (Wildman–Crippen MR) is 59.5 cm³/mol. The van der Waals surface area contributed by atoms with Gasteiger partial charge in [0.2, 0.25) is 0 Å². The summed E-state index contributed by atoms with van der Waals surface area (Å²) in [6.45, 7) is 2.98. The molecule has 0 bridgehead atoms. The lowest BCUT2D eigenvalue weighted by molar-refractivity contribution is 0.404. The van der Waals surface area contributed by atoms with Crippen molar-refractivity contribution in [2.45, 2.75) is 19.8 Å². The maximum atomic E-state index is 5.52. The van der Waals surface area contributed by atoms with Crippen molar-refractivity contribution < 1.29 is 4.74 Å². The first kappa shape index (κ1) is 11.1. The van der Waals surface area contributed by atoms with Gasteiger partial charge in [0.05, 0.1) is 7.11 Å². The summed E-state index contributed by atoms with van der Waals surface area (Å²) in [6, 6.07) is 8.17. The third kappa shape index (κ3) is 3.04. The molecule has 1 rings (SSSR count). The van der Waals surface area contributed by atoms with Gasteiger partial charge in [0.15, 0.2) is 0 Å². The molecule has 0 radical (unpaired) electrons. The molecule has 1 aromatic carbocycles. The molecule has 2 N–H and O–H groups in total. The largest absolute Gasteiger partial charge is 0.496 e. The summed E-state index contributed by atoms with van der Waals surface area (Å²) in [6.07, 6.45) is 2.11. The zero-order valence-corrected chi connectivity index (χ0v) is 8.99. The second-order valence-electron chi connectivity index (χ2n) is 3.70. The Morgan fingerprint density at radius 2 is 2.07 bits per heavy atom. The van der Waals surface area contributed by atoms with Crippen molar-refractivity contribution >= 4 is 0 Å². The molecule has 0 heterocycles. The second kappa shape index (κ2) is 5.66. The molecule has 0 saturated heterocycles. The number of hydrogen-bond acceptors (Lipinski definition) is 2. The minimum Gasteiger partial charge on any atom is -0.496 e. The normalized spacial score (nSPS) is 12.5. The van der Waals surface area contributed by atoms with Gasteiger partial charge in [-0.2, -0.15) is 0 Å². The van der Waals surface area contributed by atoms with Crippen molar-refractivity contribution in [2.75, 3.05) is 13.7 Å². The maximum absolute atomic E-state index is 5.52. The standard InChI is InChI=1S/C12H19NO/c1-10(7-8-13)9-11-5-3-4-6-12(11)14-2/h3-6,10H,7-9,13H2,1-2H3. The average molecular weight is 193 g/mol. The van der Waals surface area contributed by atoms with E-state index in [1.54, 1.807) is 7.11 Å². The fourth-order valence-corrected chi connectivity index (χ4v) is 1.63. The highest BCUT2D eigenvalue weighted by atomic mass is 16.5. The van der Waals surface area contributed by atoms with Gasteiger partial charge in [-0.15, -0.1) is 0 Å².